The Labute approximate surface area is 201 Å². The summed E-state index contributed by atoms with van der Waals surface area (Å²) < 4.78 is 38.5. The fourth-order valence-electron chi connectivity index (χ4n) is 3.99. The first kappa shape index (κ1) is 25.6. The third-order valence-corrected chi connectivity index (χ3v) is 6.97. The Hall–Kier alpha value is -4.06. The van der Waals surface area contributed by atoms with E-state index in [0.717, 1.165) is 24.3 Å². The molecule has 0 aliphatic carbocycles. The van der Waals surface area contributed by atoms with E-state index in [1.165, 1.54) is 20.3 Å². The van der Waals surface area contributed by atoms with Crippen LogP contribution in [-0.4, -0.2) is 45.2 Å². The topological polar surface area (TPSA) is 154 Å². The van der Waals surface area contributed by atoms with E-state index in [0.29, 0.717) is 17.0 Å². The molecule has 0 saturated heterocycles. The lowest BCUT2D eigenvalue weighted by Gasteiger charge is -2.32. The molecule has 1 N–H and O–H groups in total. The van der Waals surface area contributed by atoms with Gasteiger partial charge in [0.1, 0.15) is 5.92 Å². The van der Waals surface area contributed by atoms with Crippen molar-refractivity contribution in [3.05, 3.63) is 75.5 Å². The third-order valence-electron chi connectivity index (χ3n) is 5.59. The minimum absolute atomic E-state index is 0.0930. The van der Waals surface area contributed by atoms with Crippen molar-refractivity contribution in [2.45, 2.75) is 24.7 Å². The Morgan fingerprint density at radius 3 is 2.23 bits per heavy atom. The lowest BCUT2D eigenvalue weighted by molar-refractivity contribution is -0.384. The maximum absolute atomic E-state index is 13.1. The van der Waals surface area contributed by atoms with Crippen LogP contribution in [0.2, 0.25) is 0 Å². The van der Waals surface area contributed by atoms with E-state index in [1.807, 2.05) is 0 Å². The first-order chi connectivity index (χ1) is 16.5. The van der Waals surface area contributed by atoms with Gasteiger partial charge < -0.3 is 9.47 Å². The van der Waals surface area contributed by atoms with Gasteiger partial charge in [-0.2, -0.15) is 0 Å². The predicted octanol–water partition coefficient (Wildman–Crippen LogP) is 3.19. The van der Waals surface area contributed by atoms with Gasteiger partial charge in [-0.3, -0.25) is 24.6 Å². The van der Waals surface area contributed by atoms with Crippen molar-refractivity contribution in [3.63, 3.8) is 0 Å². The predicted molar refractivity (Wildman–Crippen MR) is 126 cm³/mol. The van der Waals surface area contributed by atoms with Crippen LogP contribution in [0.3, 0.4) is 0 Å². The molecule has 1 aliphatic heterocycles. The molecule has 2 atom stereocenters. The Kier molecular flexibility index (Phi) is 7.34. The van der Waals surface area contributed by atoms with E-state index in [2.05, 4.69) is 9.71 Å². The smallest absolute Gasteiger partial charge is 0.336 e. The Balaban J connectivity index is 2.14. The van der Waals surface area contributed by atoms with Crippen LogP contribution in [0.25, 0.3) is 0 Å². The number of allylic oxidation sites excluding steroid dienone is 1. The van der Waals surface area contributed by atoms with Crippen LogP contribution >= 0.6 is 0 Å². The van der Waals surface area contributed by atoms with Gasteiger partial charge in [0, 0.05) is 29.5 Å². The third kappa shape index (κ3) is 5.06. The lowest BCUT2D eigenvalue weighted by atomic mass is 9.75. The second kappa shape index (κ2) is 10.1. The van der Waals surface area contributed by atoms with Crippen molar-refractivity contribution >= 4 is 39.0 Å². The monoisotopic (exact) mass is 501 g/mol. The lowest BCUT2D eigenvalue weighted by Crippen LogP contribution is -2.36. The molecule has 0 radical (unpaired) electrons. The minimum atomic E-state index is -4.18. The standard InChI is InChI=1S/C23H23N3O8S/c1-13-19(22(27)33-3)21(20(14(2)24-13)23(28)34-4)17-7-5-6-8-18(17)25-35(31,32)16-11-9-15(10-12-16)26(29)30/h5-12,19,21,25H,1-4H3. The molecule has 3 rings (SSSR count). The zero-order chi connectivity index (χ0) is 25.9. The van der Waals surface area contributed by atoms with Crippen LogP contribution in [0.4, 0.5) is 11.4 Å². The molecule has 2 unspecified atom stereocenters. The average Bonchev–Trinajstić information content (AvgIpc) is 2.83. The number of non-ortho nitro benzene ring substituents is 1. The highest BCUT2D eigenvalue weighted by Crippen LogP contribution is 2.43. The van der Waals surface area contributed by atoms with Gasteiger partial charge in [0.15, 0.2) is 0 Å². The Morgan fingerprint density at radius 2 is 1.66 bits per heavy atom. The molecule has 184 valence electrons. The summed E-state index contributed by atoms with van der Waals surface area (Å²) in [7, 11) is -1.78. The van der Waals surface area contributed by atoms with E-state index in [9.17, 15) is 28.1 Å². The minimum Gasteiger partial charge on any atom is -0.468 e. The molecule has 0 spiro atoms. The number of nitro benzene ring substituents is 1. The molecule has 0 saturated carbocycles. The molecular weight excluding hydrogens is 478 g/mol. The maximum Gasteiger partial charge on any atom is 0.336 e. The van der Waals surface area contributed by atoms with E-state index in [-0.39, 0.29) is 21.8 Å². The van der Waals surface area contributed by atoms with Crippen LogP contribution in [0.1, 0.15) is 25.3 Å². The van der Waals surface area contributed by atoms with Crippen molar-refractivity contribution < 1.29 is 32.4 Å². The summed E-state index contributed by atoms with van der Waals surface area (Å²) in [5.74, 6) is -3.34. The van der Waals surface area contributed by atoms with Crippen LogP contribution in [-0.2, 0) is 29.1 Å². The zero-order valence-corrected chi connectivity index (χ0v) is 20.2. The highest BCUT2D eigenvalue weighted by Gasteiger charge is 2.43. The normalized spacial score (nSPS) is 17.9. The van der Waals surface area contributed by atoms with E-state index in [4.69, 9.17) is 9.47 Å². The number of aliphatic imine (C=N–C) groups is 1. The van der Waals surface area contributed by atoms with Gasteiger partial charge in [0.25, 0.3) is 15.7 Å². The second-order valence-corrected chi connectivity index (χ2v) is 9.35. The molecule has 1 aliphatic rings. The van der Waals surface area contributed by atoms with Crippen LogP contribution < -0.4 is 4.72 Å². The summed E-state index contributed by atoms with van der Waals surface area (Å²) in [5, 5.41) is 10.9. The van der Waals surface area contributed by atoms with E-state index < -0.39 is 38.7 Å². The number of ether oxygens (including phenoxy) is 2. The summed E-state index contributed by atoms with van der Waals surface area (Å²) in [5.41, 5.74) is 0.977. The van der Waals surface area contributed by atoms with Crippen molar-refractivity contribution in [1.82, 2.24) is 0 Å². The summed E-state index contributed by atoms with van der Waals surface area (Å²) in [6, 6.07) is 10.7. The number of carbonyl (C=O) groups excluding carboxylic acids is 2. The summed E-state index contributed by atoms with van der Waals surface area (Å²) in [6.45, 7) is 3.22. The molecule has 0 aromatic heterocycles. The molecule has 0 fully saturated rings. The molecule has 2 aromatic rings. The number of nitrogens with zero attached hydrogens (tertiary/aromatic N) is 2. The van der Waals surface area contributed by atoms with Gasteiger partial charge in [-0.05, 0) is 37.6 Å². The number of rotatable bonds is 7. The number of hydrogen-bond acceptors (Lipinski definition) is 9. The number of nitro groups is 1. The maximum atomic E-state index is 13.1. The number of para-hydroxylation sites is 1. The fraction of sp³-hybridized carbons (Fsp3) is 0.261. The zero-order valence-electron chi connectivity index (χ0n) is 19.3. The summed E-state index contributed by atoms with van der Waals surface area (Å²) >= 11 is 0. The van der Waals surface area contributed by atoms with Crippen LogP contribution in [0, 0.1) is 16.0 Å². The van der Waals surface area contributed by atoms with Crippen molar-refractivity contribution in [2.75, 3.05) is 18.9 Å². The number of sulfonamides is 1. The van der Waals surface area contributed by atoms with Crippen LogP contribution in [0.15, 0.2) is 69.7 Å². The number of anilines is 1. The number of nitrogens with one attached hydrogen (secondary N) is 1. The molecule has 0 bridgehead atoms. The SMILES string of the molecule is COC(=O)C1=C(C)N=C(C)C(C(=O)OC)C1c1ccccc1NS(=O)(=O)c1ccc([N+](=O)[O-])cc1. The molecule has 11 nitrogen and oxygen atoms in total. The number of hydrogen-bond donors (Lipinski definition) is 1. The van der Waals surface area contributed by atoms with Gasteiger partial charge in [0.05, 0.1) is 35.3 Å². The molecule has 1 heterocycles. The van der Waals surface area contributed by atoms with Crippen molar-refractivity contribution in [1.29, 1.82) is 0 Å². The number of carbonyl (C=O) groups is 2. The fourth-order valence-corrected chi connectivity index (χ4v) is 5.08. The first-order valence-electron chi connectivity index (χ1n) is 10.3. The van der Waals surface area contributed by atoms with Gasteiger partial charge in [-0.15, -0.1) is 0 Å². The van der Waals surface area contributed by atoms with Crippen molar-refractivity contribution in [2.24, 2.45) is 10.9 Å². The van der Waals surface area contributed by atoms with Gasteiger partial charge in [-0.1, -0.05) is 18.2 Å². The number of benzene rings is 2. The summed E-state index contributed by atoms with van der Waals surface area (Å²) in [4.78, 5) is 39.9. The van der Waals surface area contributed by atoms with Crippen LogP contribution in [0.5, 0.6) is 0 Å². The molecular formula is C23H23N3O8S. The highest BCUT2D eigenvalue weighted by molar-refractivity contribution is 7.92. The van der Waals surface area contributed by atoms with Gasteiger partial charge in [0.2, 0.25) is 0 Å². The van der Waals surface area contributed by atoms with E-state index >= 15 is 0 Å². The first-order valence-corrected chi connectivity index (χ1v) is 11.8. The van der Waals surface area contributed by atoms with Gasteiger partial charge >= 0.3 is 11.9 Å². The number of esters is 2. The molecule has 35 heavy (non-hydrogen) atoms. The highest BCUT2D eigenvalue weighted by atomic mass is 32.2. The Morgan fingerprint density at radius 1 is 1.03 bits per heavy atom. The number of methoxy groups -OCH3 is 2. The average molecular weight is 502 g/mol. The van der Waals surface area contributed by atoms with E-state index in [1.54, 1.807) is 32.0 Å². The Bertz CT molecular complexity index is 1350. The molecule has 0 amide bonds. The molecule has 2 aromatic carbocycles. The second-order valence-electron chi connectivity index (χ2n) is 7.67. The quantitative estimate of drug-likeness (QED) is 0.345. The summed E-state index contributed by atoms with van der Waals surface area (Å²) in [6.07, 6.45) is 0. The molecule has 12 heteroatoms. The van der Waals surface area contributed by atoms with Crippen molar-refractivity contribution in [3.8, 4) is 0 Å². The largest absolute Gasteiger partial charge is 0.468 e. The van der Waals surface area contributed by atoms with Gasteiger partial charge in [-0.25, -0.2) is 13.2 Å².